The van der Waals surface area contributed by atoms with Crippen molar-refractivity contribution in [3.05, 3.63) is 136 Å². The second-order valence-corrected chi connectivity index (χ2v) is 9.34. The standard InChI is InChI=1S/C33H29NO4/c1-22-9-8-14-26(17-22)32-34-29(33(35)38-32)18-25-15-16-30(36-20-27-12-6-4-10-23(27)2)31(19-25)37-21-28-13-7-5-11-24(28)3/h4-19H,20-21H2,1-3H3/b29-18-. The molecule has 5 rings (SSSR count). The minimum atomic E-state index is -0.483. The van der Waals surface area contributed by atoms with Crippen LogP contribution in [0.15, 0.2) is 102 Å². The summed E-state index contributed by atoms with van der Waals surface area (Å²) in [6.07, 6.45) is 1.71. The van der Waals surface area contributed by atoms with E-state index in [0.29, 0.717) is 30.6 Å². The van der Waals surface area contributed by atoms with E-state index in [-0.39, 0.29) is 5.70 Å². The van der Waals surface area contributed by atoms with Crippen molar-refractivity contribution in [2.24, 2.45) is 4.99 Å². The van der Waals surface area contributed by atoms with Crippen LogP contribution in [0.1, 0.15) is 38.9 Å². The van der Waals surface area contributed by atoms with E-state index in [1.165, 1.54) is 5.56 Å². The van der Waals surface area contributed by atoms with Crippen LogP contribution in [0.3, 0.4) is 0 Å². The van der Waals surface area contributed by atoms with Gasteiger partial charge in [0.05, 0.1) is 0 Å². The Labute approximate surface area is 223 Å². The van der Waals surface area contributed by atoms with Gasteiger partial charge in [0, 0.05) is 5.56 Å². The van der Waals surface area contributed by atoms with Crippen molar-refractivity contribution in [2.75, 3.05) is 0 Å². The smallest absolute Gasteiger partial charge is 0.363 e. The number of ether oxygens (including phenoxy) is 3. The van der Waals surface area contributed by atoms with Gasteiger partial charge < -0.3 is 14.2 Å². The zero-order chi connectivity index (χ0) is 26.5. The molecule has 0 aliphatic carbocycles. The first-order chi connectivity index (χ1) is 18.5. The molecule has 0 fully saturated rings. The highest BCUT2D eigenvalue weighted by Gasteiger charge is 2.24. The number of benzene rings is 4. The van der Waals surface area contributed by atoms with Gasteiger partial charge in [0.25, 0.3) is 0 Å². The lowest BCUT2D eigenvalue weighted by atomic mass is 10.1. The number of cyclic esters (lactones) is 1. The highest BCUT2D eigenvalue weighted by molar-refractivity contribution is 6.12. The molecule has 1 aliphatic heterocycles. The third-order valence-corrected chi connectivity index (χ3v) is 6.45. The summed E-state index contributed by atoms with van der Waals surface area (Å²) in [7, 11) is 0. The van der Waals surface area contributed by atoms with Crippen molar-refractivity contribution >= 4 is 17.9 Å². The normalized spacial score (nSPS) is 13.8. The maximum atomic E-state index is 12.6. The van der Waals surface area contributed by atoms with Gasteiger partial charge in [-0.3, -0.25) is 0 Å². The third-order valence-electron chi connectivity index (χ3n) is 6.45. The SMILES string of the molecule is Cc1cccc(C2=N/C(=C\c3ccc(OCc4ccccc4C)c(OCc4ccccc4C)c3)C(=O)O2)c1. The van der Waals surface area contributed by atoms with E-state index in [0.717, 1.165) is 33.4 Å². The highest BCUT2D eigenvalue weighted by Crippen LogP contribution is 2.32. The van der Waals surface area contributed by atoms with Gasteiger partial charge in [-0.2, -0.15) is 0 Å². The van der Waals surface area contributed by atoms with E-state index in [4.69, 9.17) is 14.2 Å². The molecule has 1 heterocycles. The molecule has 4 aromatic carbocycles. The molecule has 190 valence electrons. The van der Waals surface area contributed by atoms with Crippen molar-refractivity contribution in [3.63, 3.8) is 0 Å². The molecule has 0 aromatic heterocycles. The van der Waals surface area contributed by atoms with Crippen LogP contribution in [0, 0.1) is 20.8 Å². The quantitative estimate of drug-likeness (QED) is 0.190. The van der Waals surface area contributed by atoms with E-state index in [9.17, 15) is 4.79 Å². The molecule has 0 saturated carbocycles. The molecule has 1 aliphatic rings. The summed E-state index contributed by atoms with van der Waals surface area (Å²) in [5, 5.41) is 0. The summed E-state index contributed by atoms with van der Waals surface area (Å²) in [5.74, 6) is 1.04. The molecule has 5 heteroatoms. The lowest BCUT2D eigenvalue weighted by molar-refractivity contribution is -0.129. The molecular formula is C33H29NO4. The summed E-state index contributed by atoms with van der Waals surface area (Å²) in [5.41, 5.74) is 7.34. The Morgan fingerprint density at radius 2 is 1.39 bits per heavy atom. The van der Waals surface area contributed by atoms with Crippen molar-refractivity contribution in [2.45, 2.75) is 34.0 Å². The largest absolute Gasteiger partial charge is 0.485 e. The molecular weight excluding hydrogens is 474 g/mol. The first-order valence-electron chi connectivity index (χ1n) is 12.5. The van der Waals surface area contributed by atoms with Crippen LogP contribution in [0.4, 0.5) is 0 Å². The Kier molecular flexibility index (Phi) is 7.36. The fraction of sp³-hybridized carbons (Fsp3) is 0.152. The fourth-order valence-corrected chi connectivity index (χ4v) is 4.17. The molecule has 38 heavy (non-hydrogen) atoms. The lowest BCUT2D eigenvalue weighted by Crippen LogP contribution is -2.05. The van der Waals surface area contributed by atoms with Gasteiger partial charge in [-0.05, 0) is 78.9 Å². The highest BCUT2D eigenvalue weighted by atomic mass is 16.6. The number of rotatable bonds is 8. The molecule has 4 aromatic rings. The predicted molar refractivity (Wildman–Crippen MR) is 149 cm³/mol. The topological polar surface area (TPSA) is 57.1 Å². The zero-order valence-corrected chi connectivity index (χ0v) is 21.7. The molecule has 0 radical (unpaired) electrons. The number of carbonyl (C=O) groups excluding carboxylic acids is 1. The minimum Gasteiger partial charge on any atom is -0.485 e. The lowest BCUT2D eigenvalue weighted by Gasteiger charge is -2.15. The van der Waals surface area contributed by atoms with E-state index >= 15 is 0 Å². The number of esters is 1. The third kappa shape index (κ3) is 5.84. The van der Waals surface area contributed by atoms with Crippen LogP contribution in [0.5, 0.6) is 11.5 Å². The summed E-state index contributed by atoms with van der Waals surface area (Å²) in [6.45, 7) is 6.93. The number of hydrogen-bond donors (Lipinski definition) is 0. The van der Waals surface area contributed by atoms with Gasteiger partial charge in [-0.15, -0.1) is 0 Å². The van der Waals surface area contributed by atoms with Crippen LogP contribution in [0.25, 0.3) is 6.08 Å². The van der Waals surface area contributed by atoms with Crippen molar-refractivity contribution in [1.82, 2.24) is 0 Å². The molecule has 0 amide bonds. The molecule has 0 spiro atoms. The van der Waals surface area contributed by atoms with Gasteiger partial charge in [0.15, 0.2) is 17.2 Å². The zero-order valence-electron chi connectivity index (χ0n) is 21.7. The van der Waals surface area contributed by atoms with Crippen molar-refractivity contribution in [1.29, 1.82) is 0 Å². The van der Waals surface area contributed by atoms with Crippen LogP contribution < -0.4 is 9.47 Å². The molecule has 5 nitrogen and oxygen atoms in total. The van der Waals surface area contributed by atoms with Gasteiger partial charge in [0.2, 0.25) is 5.90 Å². The summed E-state index contributed by atoms with van der Waals surface area (Å²) < 4.78 is 17.9. The second kappa shape index (κ2) is 11.2. The number of carbonyl (C=O) groups is 1. The van der Waals surface area contributed by atoms with E-state index in [2.05, 4.69) is 37.0 Å². The minimum absolute atomic E-state index is 0.236. The Morgan fingerprint density at radius 1 is 0.737 bits per heavy atom. The monoisotopic (exact) mass is 503 g/mol. The Morgan fingerprint density at radius 3 is 2.05 bits per heavy atom. The summed E-state index contributed by atoms with van der Waals surface area (Å²) in [4.78, 5) is 17.0. The van der Waals surface area contributed by atoms with Crippen LogP contribution in [0.2, 0.25) is 0 Å². The fourth-order valence-electron chi connectivity index (χ4n) is 4.17. The second-order valence-electron chi connectivity index (χ2n) is 9.34. The maximum absolute atomic E-state index is 12.6. The molecule has 0 N–H and O–H groups in total. The number of aryl methyl sites for hydroxylation is 3. The van der Waals surface area contributed by atoms with Crippen LogP contribution in [-0.2, 0) is 22.7 Å². The molecule has 0 saturated heterocycles. The van der Waals surface area contributed by atoms with E-state index < -0.39 is 5.97 Å². The number of nitrogens with zero attached hydrogens (tertiary/aromatic N) is 1. The van der Waals surface area contributed by atoms with Crippen molar-refractivity contribution < 1.29 is 19.0 Å². The number of hydrogen-bond acceptors (Lipinski definition) is 5. The van der Waals surface area contributed by atoms with E-state index in [1.54, 1.807) is 6.08 Å². The van der Waals surface area contributed by atoms with Gasteiger partial charge >= 0.3 is 5.97 Å². The molecule has 0 bridgehead atoms. The average molecular weight is 504 g/mol. The Balaban J connectivity index is 1.43. The first-order valence-corrected chi connectivity index (χ1v) is 12.5. The van der Waals surface area contributed by atoms with Gasteiger partial charge in [0.1, 0.15) is 13.2 Å². The van der Waals surface area contributed by atoms with Gasteiger partial charge in [-0.1, -0.05) is 72.3 Å². The van der Waals surface area contributed by atoms with Crippen LogP contribution >= 0.6 is 0 Å². The average Bonchev–Trinajstić information content (AvgIpc) is 3.28. The summed E-state index contributed by atoms with van der Waals surface area (Å²) >= 11 is 0. The summed E-state index contributed by atoms with van der Waals surface area (Å²) in [6, 6.07) is 29.6. The van der Waals surface area contributed by atoms with Crippen LogP contribution in [-0.4, -0.2) is 11.9 Å². The Bertz CT molecular complexity index is 1550. The number of aliphatic imine (C=N–C) groups is 1. The molecule has 0 unspecified atom stereocenters. The predicted octanol–water partition coefficient (Wildman–Crippen LogP) is 7.11. The Hall–Kier alpha value is -4.64. The molecule has 0 atom stereocenters. The first kappa shape index (κ1) is 25.0. The van der Waals surface area contributed by atoms with Gasteiger partial charge in [-0.25, -0.2) is 9.79 Å². The van der Waals surface area contributed by atoms with E-state index in [1.807, 2.05) is 79.7 Å². The maximum Gasteiger partial charge on any atom is 0.363 e. The van der Waals surface area contributed by atoms with Crippen molar-refractivity contribution in [3.8, 4) is 11.5 Å².